The molecule has 0 saturated heterocycles. The highest BCUT2D eigenvalue weighted by Gasteiger charge is 2.48. The van der Waals surface area contributed by atoms with Crippen molar-refractivity contribution in [2.45, 2.75) is 32.2 Å². The summed E-state index contributed by atoms with van der Waals surface area (Å²) in [5.74, 6) is -3.84. The number of aliphatic carboxylic acids is 1. The molecule has 0 aromatic heterocycles. The highest BCUT2D eigenvalue weighted by Crippen LogP contribution is 2.50. The van der Waals surface area contributed by atoms with Gasteiger partial charge in [0.2, 0.25) is 5.91 Å². The Labute approximate surface area is 121 Å². The zero-order valence-corrected chi connectivity index (χ0v) is 11.8. The molecule has 1 aliphatic rings. The second-order valence-electron chi connectivity index (χ2n) is 5.54. The smallest absolute Gasteiger partial charge is 0.323 e. The van der Waals surface area contributed by atoms with Gasteiger partial charge < -0.3 is 10.0 Å². The Morgan fingerprint density at radius 3 is 2.38 bits per heavy atom. The maximum Gasteiger partial charge on any atom is 0.323 e. The molecule has 2 atom stereocenters. The van der Waals surface area contributed by atoms with Gasteiger partial charge in [-0.05, 0) is 32.4 Å². The second-order valence-corrected chi connectivity index (χ2v) is 5.54. The van der Waals surface area contributed by atoms with Crippen LogP contribution in [0, 0.1) is 17.6 Å². The van der Waals surface area contributed by atoms with Gasteiger partial charge in [-0.25, -0.2) is 8.78 Å². The summed E-state index contributed by atoms with van der Waals surface area (Å²) < 4.78 is 27.4. The van der Waals surface area contributed by atoms with Crippen LogP contribution >= 0.6 is 0 Å². The van der Waals surface area contributed by atoms with Crippen LogP contribution in [-0.4, -0.2) is 34.5 Å². The number of benzene rings is 1. The van der Waals surface area contributed by atoms with Gasteiger partial charge in [-0.3, -0.25) is 9.59 Å². The molecule has 6 heteroatoms. The minimum Gasteiger partial charge on any atom is -0.480 e. The summed E-state index contributed by atoms with van der Waals surface area (Å²) in [6.45, 7) is 3.02. The molecular weight excluding hydrogens is 280 g/mol. The molecule has 1 aromatic carbocycles. The Kier molecular flexibility index (Phi) is 4.25. The Balaban J connectivity index is 2.15. The van der Waals surface area contributed by atoms with Gasteiger partial charge in [0, 0.05) is 23.4 Å². The number of hydrogen-bond donors (Lipinski definition) is 1. The van der Waals surface area contributed by atoms with Gasteiger partial charge in [0.05, 0.1) is 0 Å². The standard InChI is InChI=1S/C15H17F2NO3/c1-8(2)18(7-13(19)20)15(21)10-6-9(10)14-11(16)4-3-5-12(14)17/h3-5,8-10H,6-7H2,1-2H3,(H,19,20). The number of nitrogens with zero attached hydrogens (tertiary/aromatic N) is 1. The average Bonchev–Trinajstić information content (AvgIpc) is 3.14. The summed E-state index contributed by atoms with van der Waals surface area (Å²) in [5.41, 5.74) is -0.0742. The molecule has 2 rings (SSSR count). The SMILES string of the molecule is CC(C)N(CC(=O)O)C(=O)C1CC1c1c(F)cccc1F. The average molecular weight is 297 g/mol. The van der Waals surface area contributed by atoms with E-state index >= 15 is 0 Å². The Bertz CT molecular complexity index is 554. The molecule has 0 heterocycles. The third-order valence-corrected chi connectivity index (χ3v) is 3.69. The molecule has 21 heavy (non-hydrogen) atoms. The number of carbonyl (C=O) groups is 2. The number of rotatable bonds is 5. The zero-order valence-electron chi connectivity index (χ0n) is 11.8. The van der Waals surface area contributed by atoms with E-state index in [2.05, 4.69) is 0 Å². The first-order valence-corrected chi connectivity index (χ1v) is 6.79. The highest BCUT2D eigenvalue weighted by molar-refractivity contribution is 5.86. The van der Waals surface area contributed by atoms with Gasteiger partial charge in [-0.1, -0.05) is 6.07 Å². The molecular formula is C15H17F2NO3. The van der Waals surface area contributed by atoms with Crippen molar-refractivity contribution in [3.05, 3.63) is 35.4 Å². The number of hydrogen-bond acceptors (Lipinski definition) is 2. The summed E-state index contributed by atoms with van der Waals surface area (Å²) in [4.78, 5) is 24.3. The summed E-state index contributed by atoms with van der Waals surface area (Å²) in [6.07, 6.45) is 0.347. The van der Waals surface area contributed by atoms with E-state index in [1.807, 2.05) is 0 Å². The van der Waals surface area contributed by atoms with Crippen LogP contribution in [0.4, 0.5) is 8.78 Å². The lowest BCUT2D eigenvalue weighted by Gasteiger charge is -2.25. The van der Waals surface area contributed by atoms with E-state index in [1.165, 1.54) is 11.0 Å². The first-order valence-electron chi connectivity index (χ1n) is 6.79. The van der Waals surface area contributed by atoms with Gasteiger partial charge in [-0.15, -0.1) is 0 Å². The molecule has 1 aromatic rings. The number of carboxylic acid groups (broad SMARTS) is 1. The van der Waals surface area contributed by atoms with Gasteiger partial charge in [0.15, 0.2) is 0 Å². The summed E-state index contributed by atoms with van der Waals surface area (Å²) >= 11 is 0. The lowest BCUT2D eigenvalue weighted by molar-refractivity contribution is -0.146. The van der Waals surface area contributed by atoms with Gasteiger partial charge >= 0.3 is 5.97 Å². The summed E-state index contributed by atoms with van der Waals surface area (Å²) in [5, 5.41) is 8.84. The maximum absolute atomic E-state index is 13.7. The summed E-state index contributed by atoms with van der Waals surface area (Å²) in [6, 6.07) is 3.32. The van der Waals surface area contributed by atoms with Crippen LogP contribution < -0.4 is 0 Å². The molecule has 1 amide bonds. The molecule has 0 radical (unpaired) electrons. The van der Waals surface area contributed by atoms with Crippen LogP contribution in [-0.2, 0) is 9.59 Å². The van der Waals surface area contributed by atoms with Gasteiger partial charge in [0.25, 0.3) is 0 Å². The van der Waals surface area contributed by atoms with Crippen molar-refractivity contribution in [2.75, 3.05) is 6.54 Å². The van der Waals surface area contributed by atoms with E-state index in [9.17, 15) is 18.4 Å². The fourth-order valence-corrected chi connectivity index (χ4v) is 2.53. The van der Waals surface area contributed by atoms with Crippen LogP contribution in [0.5, 0.6) is 0 Å². The minimum atomic E-state index is -1.11. The van der Waals surface area contributed by atoms with Crippen molar-refractivity contribution in [1.82, 2.24) is 4.90 Å². The summed E-state index contributed by atoms with van der Waals surface area (Å²) in [7, 11) is 0. The number of halogens is 2. The third-order valence-electron chi connectivity index (χ3n) is 3.69. The van der Waals surface area contributed by atoms with E-state index in [4.69, 9.17) is 5.11 Å². The number of carboxylic acids is 1. The van der Waals surface area contributed by atoms with Crippen LogP contribution in [0.3, 0.4) is 0 Å². The molecule has 114 valence electrons. The molecule has 4 nitrogen and oxygen atoms in total. The van der Waals surface area contributed by atoms with E-state index in [0.29, 0.717) is 6.42 Å². The quantitative estimate of drug-likeness (QED) is 0.908. The molecule has 1 saturated carbocycles. The van der Waals surface area contributed by atoms with Crippen molar-refractivity contribution in [3.63, 3.8) is 0 Å². The fraction of sp³-hybridized carbons (Fsp3) is 0.467. The van der Waals surface area contributed by atoms with Crippen molar-refractivity contribution < 1.29 is 23.5 Å². The van der Waals surface area contributed by atoms with Crippen molar-refractivity contribution in [3.8, 4) is 0 Å². The van der Waals surface area contributed by atoms with Crippen LogP contribution in [0.25, 0.3) is 0 Å². The molecule has 1 N–H and O–H groups in total. The molecule has 0 aliphatic heterocycles. The highest BCUT2D eigenvalue weighted by atomic mass is 19.1. The van der Waals surface area contributed by atoms with Crippen molar-refractivity contribution in [1.29, 1.82) is 0 Å². The lowest BCUT2D eigenvalue weighted by Crippen LogP contribution is -2.41. The van der Waals surface area contributed by atoms with Crippen LogP contribution in [0.15, 0.2) is 18.2 Å². The Morgan fingerprint density at radius 2 is 1.90 bits per heavy atom. The minimum absolute atomic E-state index is 0.0742. The number of carbonyl (C=O) groups excluding carboxylic acids is 1. The topological polar surface area (TPSA) is 57.6 Å². The maximum atomic E-state index is 13.7. The van der Waals surface area contributed by atoms with E-state index < -0.39 is 36.0 Å². The first-order chi connectivity index (χ1) is 9.82. The molecule has 2 unspecified atom stereocenters. The molecule has 0 bridgehead atoms. The van der Waals surface area contributed by atoms with Gasteiger partial charge in [0.1, 0.15) is 18.2 Å². The Hall–Kier alpha value is -1.98. The van der Waals surface area contributed by atoms with Gasteiger partial charge in [-0.2, -0.15) is 0 Å². The predicted octanol–water partition coefficient (Wildman–Crippen LogP) is 2.39. The van der Waals surface area contributed by atoms with Crippen molar-refractivity contribution in [2.24, 2.45) is 5.92 Å². The first kappa shape index (κ1) is 15.4. The fourth-order valence-electron chi connectivity index (χ4n) is 2.53. The monoisotopic (exact) mass is 297 g/mol. The third kappa shape index (κ3) is 3.20. The second kappa shape index (κ2) is 5.79. The predicted molar refractivity (Wildman–Crippen MR) is 71.7 cm³/mol. The van der Waals surface area contributed by atoms with Crippen molar-refractivity contribution >= 4 is 11.9 Å². The largest absolute Gasteiger partial charge is 0.480 e. The van der Waals surface area contributed by atoms with E-state index in [1.54, 1.807) is 13.8 Å². The van der Waals surface area contributed by atoms with E-state index in [-0.39, 0.29) is 17.5 Å². The van der Waals surface area contributed by atoms with Crippen LogP contribution in [0.2, 0.25) is 0 Å². The van der Waals surface area contributed by atoms with Crippen LogP contribution in [0.1, 0.15) is 31.7 Å². The lowest BCUT2D eigenvalue weighted by atomic mass is 10.1. The number of amides is 1. The normalized spacial score (nSPS) is 20.4. The zero-order chi connectivity index (χ0) is 15.7. The molecule has 1 fully saturated rings. The molecule has 1 aliphatic carbocycles. The van der Waals surface area contributed by atoms with E-state index in [0.717, 1.165) is 12.1 Å². The Morgan fingerprint density at radius 1 is 1.33 bits per heavy atom. The molecule has 0 spiro atoms.